The Hall–Kier alpha value is -2.93. The molecule has 0 saturated carbocycles. The van der Waals surface area contributed by atoms with E-state index in [2.05, 4.69) is 5.10 Å². The first-order chi connectivity index (χ1) is 13.0. The number of nitrogens with zero attached hydrogens (tertiary/aromatic N) is 4. The van der Waals surface area contributed by atoms with E-state index in [4.69, 9.17) is 11.6 Å². The zero-order valence-corrected chi connectivity index (χ0v) is 15.3. The molecule has 0 bridgehead atoms. The standard InChI is InChI=1S/C19H16ClFN4O2/c1-2-9-23-17(26)14-5-3-4-6-16(14)25-18(23)22-24(19(25)27)11-12-7-8-13(21)10-15(12)20/h3-8,10H,2,9,11H2,1H3. The molecule has 0 fully saturated rings. The number of rotatable bonds is 4. The zero-order chi connectivity index (χ0) is 19.1. The van der Waals surface area contributed by atoms with Crippen LogP contribution >= 0.6 is 11.6 Å². The first-order valence-electron chi connectivity index (χ1n) is 8.56. The van der Waals surface area contributed by atoms with Crippen LogP contribution in [0.15, 0.2) is 52.1 Å². The highest BCUT2D eigenvalue weighted by Crippen LogP contribution is 2.18. The van der Waals surface area contributed by atoms with Crippen molar-refractivity contribution in [2.24, 2.45) is 0 Å². The van der Waals surface area contributed by atoms with Crippen LogP contribution in [0.3, 0.4) is 0 Å². The van der Waals surface area contributed by atoms with Crippen molar-refractivity contribution in [1.82, 2.24) is 18.7 Å². The second-order valence-corrected chi connectivity index (χ2v) is 6.69. The van der Waals surface area contributed by atoms with Crippen molar-refractivity contribution in [3.05, 3.63) is 79.7 Å². The normalized spacial score (nSPS) is 11.5. The molecule has 0 spiro atoms. The van der Waals surface area contributed by atoms with Crippen molar-refractivity contribution >= 4 is 28.3 Å². The predicted molar refractivity (Wildman–Crippen MR) is 102 cm³/mol. The lowest BCUT2D eigenvalue weighted by atomic mass is 10.2. The molecule has 0 radical (unpaired) electrons. The molecule has 0 aliphatic rings. The van der Waals surface area contributed by atoms with Gasteiger partial charge in [-0.15, -0.1) is 5.10 Å². The van der Waals surface area contributed by atoms with E-state index in [1.54, 1.807) is 24.3 Å². The number of aromatic nitrogens is 4. The van der Waals surface area contributed by atoms with Crippen LogP contribution < -0.4 is 11.2 Å². The topological polar surface area (TPSA) is 61.3 Å². The molecule has 138 valence electrons. The van der Waals surface area contributed by atoms with Crippen molar-refractivity contribution in [2.75, 3.05) is 0 Å². The second kappa shape index (κ2) is 6.66. The number of aryl methyl sites for hydroxylation is 1. The number of halogens is 2. The van der Waals surface area contributed by atoms with E-state index in [1.807, 2.05) is 6.92 Å². The van der Waals surface area contributed by atoms with Crippen molar-refractivity contribution in [3.8, 4) is 0 Å². The Morgan fingerprint density at radius 3 is 2.67 bits per heavy atom. The monoisotopic (exact) mass is 386 g/mol. The maximum Gasteiger partial charge on any atom is 0.352 e. The summed E-state index contributed by atoms with van der Waals surface area (Å²) in [4.78, 5) is 25.9. The van der Waals surface area contributed by atoms with Crippen LogP contribution in [0.5, 0.6) is 0 Å². The molecule has 0 saturated heterocycles. The SMILES string of the molecule is CCCn1c(=O)c2ccccc2n2c(=O)n(Cc3ccc(F)cc3Cl)nc12. The van der Waals surface area contributed by atoms with Gasteiger partial charge in [0.2, 0.25) is 5.78 Å². The smallest absolute Gasteiger partial charge is 0.276 e. The summed E-state index contributed by atoms with van der Waals surface area (Å²) in [6.45, 7) is 2.47. The largest absolute Gasteiger partial charge is 0.352 e. The molecular formula is C19H16ClFN4O2. The van der Waals surface area contributed by atoms with Gasteiger partial charge in [-0.05, 0) is 36.2 Å². The van der Waals surface area contributed by atoms with Gasteiger partial charge in [-0.3, -0.25) is 9.36 Å². The zero-order valence-electron chi connectivity index (χ0n) is 14.5. The summed E-state index contributed by atoms with van der Waals surface area (Å²) in [6, 6.07) is 10.9. The fourth-order valence-electron chi connectivity index (χ4n) is 3.21. The van der Waals surface area contributed by atoms with Gasteiger partial charge >= 0.3 is 5.69 Å². The molecule has 2 heterocycles. The molecule has 2 aromatic heterocycles. The van der Waals surface area contributed by atoms with Gasteiger partial charge < -0.3 is 0 Å². The summed E-state index contributed by atoms with van der Waals surface area (Å²) in [5, 5.41) is 5.05. The van der Waals surface area contributed by atoms with Gasteiger partial charge in [-0.2, -0.15) is 0 Å². The molecular weight excluding hydrogens is 371 g/mol. The minimum absolute atomic E-state index is 0.0776. The van der Waals surface area contributed by atoms with E-state index >= 15 is 0 Å². The van der Waals surface area contributed by atoms with E-state index in [1.165, 1.54) is 31.8 Å². The van der Waals surface area contributed by atoms with E-state index in [-0.39, 0.29) is 28.6 Å². The molecule has 4 aromatic rings. The molecule has 0 aliphatic heterocycles. The fourth-order valence-corrected chi connectivity index (χ4v) is 3.43. The van der Waals surface area contributed by atoms with Crippen LogP contribution in [0, 0.1) is 5.82 Å². The number of para-hydroxylation sites is 1. The summed E-state index contributed by atoms with van der Waals surface area (Å²) in [7, 11) is 0. The Balaban J connectivity index is 2.00. The lowest BCUT2D eigenvalue weighted by Crippen LogP contribution is -2.26. The third-order valence-corrected chi connectivity index (χ3v) is 4.82. The minimum atomic E-state index is -0.450. The highest BCUT2D eigenvalue weighted by atomic mass is 35.5. The van der Waals surface area contributed by atoms with Crippen LogP contribution in [0.1, 0.15) is 18.9 Å². The minimum Gasteiger partial charge on any atom is -0.276 e. The molecule has 0 aliphatic carbocycles. The summed E-state index contributed by atoms with van der Waals surface area (Å²) >= 11 is 6.09. The lowest BCUT2D eigenvalue weighted by Gasteiger charge is -2.07. The van der Waals surface area contributed by atoms with E-state index in [0.29, 0.717) is 23.0 Å². The van der Waals surface area contributed by atoms with Crippen LogP contribution in [0.2, 0.25) is 5.02 Å². The lowest BCUT2D eigenvalue weighted by molar-refractivity contribution is 0.621. The number of fused-ring (bicyclic) bond motifs is 3. The Bertz CT molecular complexity index is 1290. The number of benzene rings is 2. The van der Waals surface area contributed by atoms with Gasteiger partial charge in [0.05, 0.1) is 17.4 Å². The summed E-state index contributed by atoms with van der Waals surface area (Å²) in [5.41, 5.74) is 0.506. The predicted octanol–water partition coefficient (Wildman–Crippen LogP) is 3.06. The van der Waals surface area contributed by atoms with Gasteiger partial charge in [0.15, 0.2) is 0 Å². The maximum absolute atomic E-state index is 13.3. The maximum atomic E-state index is 13.3. The van der Waals surface area contributed by atoms with Crippen LogP contribution in [0.4, 0.5) is 4.39 Å². The summed E-state index contributed by atoms with van der Waals surface area (Å²) in [5.74, 6) is -0.169. The molecule has 6 nitrogen and oxygen atoms in total. The van der Waals surface area contributed by atoms with Gasteiger partial charge in [-0.1, -0.05) is 36.7 Å². The summed E-state index contributed by atoms with van der Waals surface area (Å²) < 4.78 is 17.5. The molecule has 0 atom stereocenters. The van der Waals surface area contributed by atoms with Crippen molar-refractivity contribution in [2.45, 2.75) is 26.4 Å². The molecule has 2 aromatic carbocycles. The molecule has 27 heavy (non-hydrogen) atoms. The van der Waals surface area contributed by atoms with E-state index in [9.17, 15) is 14.0 Å². The van der Waals surface area contributed by atoms with Gasteiger partial charge in [0.1, 0.15) is 5.82 Å². The van der Waals surface area contributed by atoms with Gasteiger partial charge in [0.25, 0.3) is 5.56 Å². The van der Waals surface area contributed by atoms with E-state index in [0.717, 1.165) is 6.42 Å². The molecule has 4 rings (SSSR count). The number of hydrogen-bond acceptors (Lipinski definition) is 3. The Morgan fingerprint density at radius 2 is 1.93 bits per heavy atom. The van der Waals surface area contributed by atoms with Crippen molar-refractivity contribution < 1.29 is 4.39 Å². The van der Waals surface area contributed by atoms with Gasteiger partial charge in [0, 0.05) is 11.6 Å². The van der Waals surface area contributed by atoms with Crippen LogP contribution in [-0.4, -0.2) is 18.7 Å². The first-order valence-corrected chi connectivity index (χ1v) is 8.94. The highest BCUT2D eigenvalue weighted by Gasteiger charge is 2.17. The Labute approximate surface area is 158 Å². The molecule has 0 amide bonds. The van der Waals surface area contributed by atoms with Crippen LogP contribution in [0.25, 0.3) is 16.7 Å². The third-order valence-electron chi connectivity index (χ3n) is 4.47. The molecule has 0 N–H and O–H groups in total. The average molecular weight is 387 g/mol. The van der Waals surface area contributed by atoms with Gasteiger partial charge in [-0.25, -0.2) is 18.3 Å². The quantitative estimate of drug-likeness (QED) is 0.541. The second-order valence-electron chi connectivity index (χ2n) is 6.29. The van der Waals surface area contributed by atoms with E-state index < -0.39 is 5.82 Å². The number of hydrogen-bond donors (Lipinski definition) is 0. The Morgan fingerprint density at radius 1 is 1.15 bits per heavy atom. The first kappa shape index (κ1) is 17.5. The fraction of sp³-hybridized carbons (Fsp3) is 0.211. The third kappa shape index (κ3) is 2.84. The highest BCUT2D eigenvalue weighted by molar-refractivity contribution is 6.31. The molecule has 0 unspecified atom stereocenters. The molecule has 8 heteroatoms. The summed E-state index contributed by atoms with van der Waals surface area (Å²) in [6.07, 6.45) is 0.721. The van der Waals surface area contributed by atoms with Crippen LogP contribution in [-0.2, 0) is 13.1 Å². The average Bonchev–Trinajstić information content (AvgIpc) is 2.97. The van der Waals surface area contributed by atoms with Crippen molar-refractivity contribution in [3.63, 3.8) is 0 Å². The van der Waals surface area contributed by atoms with Crippen molar-refractivity contribution in [1.29, 1.82) is 0 Å². The Kier molecular flexibility index (Phi) is 4.31.